The molecule has 0 aliphatic rings. The van der Waals surface area contributed by atoms with Gasteiger partial charge in [-0.2, -0.15) is 0 Å². The average Bonchev–Trinajstić information content (AvgIpc) is 2.61. The van der Waals surface area contributed by atoms with Gasteiger partial charge in [-0.1, -0.05) is 6.08 Å². The van der Waals surface area contributed by atoms with Crippen LogP contribution in [0.4, 0.5) is 5.82 Å². The molecule has 0 aliphatic carbocycles. The SMILES string of the molecule is C=CCN(C)c1ncnc2c1ncn2P. The summed E-state index contributed by atoms with van der Waals surface area (Å²) in [6, 6.07) is 0. The number of likely N-dealkylation sites (N-methyl/N-ethyl adjacent to an activating group) is 1. The van der Waals surface area contributed by atoms with Crippen molar-refractivity contribution in [2.45, 2.75) is 0 Å². The Morgan fingerprint density at radius 3 is 3.07 bits per heavy atom. The molecule has 0 spiro atoms. The van der Waals surface area contributed by atoms with E-state index in [1.165, 1.54) is 0 Å². The lowest BCUT2D eigenvalue weighted by atomic mass is 10.4. The van der Waals surface area contributed by atoms with Gasteiger partial charge in [0.15, 0.2) is 17.0 Å². The molecule has 15 heavy (non-hydrogen) atoms. The Labute approximate surface area is 90.1 Å². The minimum absolute atomic E-state index is 0.732. The minimum Gasteiger partial charge on any atom is -0.354 e. The second-order valence-corrected chi connectivity index (χ2v) is 3.75. The Morgan fingerprint density at radius 2 is 2.33 bits per heavy atom. The highest BCUT2D eigenvalue weighted by atomic mass is 31.0. The second kappa shape index (κ2) is 3.95. The maximum Gasteiger partial charge on any atom is 0.168 e. The van der Waals surface area contributed by atoms with Crippen LogP contribution < -0.4 is 4.90 Å². The summed E-state index contributed by atoms with van der Waals surface area (Å²) in [7, 11) is 4.49. The molecule has 2 heterocycles. The molecule has 78 valence electrons. The van der Waals surface area contributed by atoms with Gasteiger partial charge in [0.05, 0.1) is 0 Å². The van der Waals surface area contributed by atoms with Gasteiger partial charge in [-0.05, 0) is 9.39 Å². The highest BCUT2D eigenvalue weighted by Crippen LogP contribution is 2.21. The van der Waals surface area contributed by atoms with E-state index in [2.05, 4.69) is 30.9 Å². The maximum atomic E-state index is 4.26. The van der Waals surface area contributed by atoms with E-state index in [0.717, 1.165) is 23.5 Å². The molecule has 2 aromatic heterocycles. The van der Waals surface area contributed by atoms with Crippen LogP contribution in [0, 0.1) is 0 Å². The highest BCUT2D eigenvalue weighted by Gasteiger charge is 2.10. The first kappa shape index (κ1) is 10.1. The van der Waals surface area contributed by atoms with Gasteiger partial charge < -0.3 is 4.90 Å². The molecule has 0 amide bonds. The first-order valence-corrected chi connectivity index (χ1v) is 5.01. The standard InChI is InChI=1S/C9H12N5P/c1-3-4-13(2)8-7-9(11-5-10-8)14(15)6-12-7/h3,5-6H,1,4,15H2,2H3. The number of fused-ring (bicyclic) bond motifs is 1. The number of hydrogen-bond donors (Lipinski definition) is 0. The fourth-order valence-corrected chi connectivity index (χ4v) is 1.65. The van der Waals surface area contributed by atoms with Crippen LogP contribution in [0.15, 0.2) is 25.3 Å². The lowest BCUT2D eigenvalue weighted by Crippen LogP contribution is -2.18. The van der Waals surface area contributed by atoms with Crippen LogP contribution >= 0.6 is 9.39 Å². The summed E-state index contributed by atoms with van der Waals surface area (Å²) in [4.78, 5) is 14.6. The number of imidazole rings is 1. The predicted octanol–water partition coefficient (Wildman–Crippen LogP) is 1.09. The Morgan fingerprint density at radius 1 is 1.53 bits per heavy atom. The van der Waals surface area contributed by atoms with E-state index in [9.17, 15) is 0 Å². The average molecular weight is 221 g/mol. The quantitative estimate of drug-likeness (QED) is 0.575. The largest absolute Gasteiger partial charge is 0.354 e. The molecule has 0 radical (unpaired) electrons. The zero-order valence-corrected chi connectivity index (χ0v) is 9.61. The van der Waals surface area contributed by atoms with Gasteiger partial charge >= 0.3 is 0 Å². The molecule has 5 nitrogen and oxygen atoms in total. The van der Waals surface area contributed by atoms with E-state index in [0.29, 0.717) is 0 Å². The van der Waals surface area contributed by atoms with E-state index in [1.807, 2.05) is 18.0 Å². The Bertz CT molecular complexity index is 492. The maximum absolute atomic E-state index is 4.26. The molecular weight excluding hydrogens is 209 g/mol. The van der Waals surface area contributed by atoms with Gasteiger partial charge in [-0.15, -0.1) is 6.58 Å². The third-order valence-electron chi connectivity index (χ3n) is 2.10. The van der Waals surface area contributed by atoms with Crippen molar-refractivity contribution in [3.05, 3.63) is 25.3 Å². The van der Waals surface area contributed by atoms with E-state index in [1.54, 1.807) is 17.0 Å². The van der Waals surface area contributed by atoms with Crippen molar-refractivity contribution in [3.63, 3.8) is 0 Å². The number of anilines is 1. The Kier molecular flexibility index (Phi) is 2.64. The van der Waals surface area contributed by atoms with Crippen LogP contribution in [0.3, 0.4) is 0 Å². The summed E-state index contributed by atoms with van der Waals surface area (Å²) in [5.41, 5.74) is 1.61. The van der Waals surface area contributed by atoms with Gasteiger partial charge in [0.25, 0.3) is 0 Å². The van der Waals surface area contributed by atoms with Crippen molar-refractivity contribution in [3.8, 4) is 0 Å². The summed E-state index contributed by atoms with van der Waals surface area (Å²) < 4.78 is 1.79. The van der Waals surface area contributed by atoms with Crippen molar-refractivity contribution in [1.29, 1.82) is 0 Å². The van der Waals surface area contributed by atoms with Crippen LogP contribution in [0.25, 0.3) is 11.2 Å². The number of rotatable bonds is 3. The number of aromatic nitrogens is 4. The zero-order valence-electron chi connectivity index (χ0n) is 8.46. The van der Waals surface area contributed by atoms with Gasteiger partial charge in [0.1, 0.15) is 12.7 Å². The van der Waals surface area contributed by atoms with E-state index in [4.69, 9.17) is 0 Å². The Hall–Kier alpha value is -1.48. The molecule has 6 heteroatoms. The van der Waals surface area contributed by atoms with Crippen molar-refractivity contribution in [2.24, 2.45) is 0 Å². The molecular formula is C9H12N5P. The third kappa shape index (κ3) is 1.70. The van der Waals surface area contributed by atoms with E-state index in [-0.39, 0.29) is 0 Å². The summed E-state index contributed by atoms with van der Waals surface area (Å²) in [5.74, 6) is 0.820. The van der Waals surface area contributed by atoms with Gasteiger partial charge in [-0.3, -0.25) is 4.34 Å². The topological polar surface area (TPSA) is 46.8 Å². The molecule has 0 N–H and O–H groups in total. The highest BCUT2D eigenvalue weighted by molar-refractivity contribution is 7.14. The lowest BCUT2D eigenvalue weighted by Gasteiger charge is -2.15. The summed E-state index contributed by atoms with van der Waals surface area (Å²) in [6.45, 7) is 4.43. The van der Waals surface area contributed by atoms with Crippen LogP contribution in [0.2, 0.25) is 0 Å². The lowest BCUT2D eigenvalue weighted by molar-refractivity contribution is 0.987. The second-order valence-electron chi connectivity index (χ2n) is 3.19. The fourth-order valence-electron chi connectivity index (χ4n) is 1.40. The summed E-state index contributed by atoms with van der Waals surface area (Å²) in [6.07, 6.45) is 5.07. The van der Waals surface area contributed by atoms with Crippen molar-refractivity contribution < 1.29 is 0 Å². The molecule has 0 aliphatic heterocycles. The molecule has 0 bridgehead atoms. The Balaban J connectivity index is 2.55. The molecule has 1 atom stereocenters. The molecule has 2 rings (SSSR count). The van der Waals surface area contributed by atoms with Crippen molar-refractivity contribution in [1.82, 2.24) is 19.3 Å². The number of hydrogen-bond acceptors (Lipinski definition) is 4. The van der Waals surface area contributed by atoms with Crippen LogP contribution in [-0.2, 0) is 0 Å². The molecule has 1 unspecified atom stereocenters. The van der Waals surface area contributed by atoms with E-state index >= 15 is 0 Å². The number of nitrogens with zero attached hydrogens (tertiary/aromatic N) is 5. The van der Waals surface area contributed by atoms with Gasteiger partial charge in [0, 0.05) is 13.6 Å². The predicted molar refractivity (Wildman–Crippen MR) is 63.9 cm³/mol. The minimum atomic E-state index is 0.732. The zero-order chi connectivity index (χ0) is 10.8. The molecule has 2 aromatic rings. The fraction of sp³-hybridized carbons (Fsp3) is 0.222. The van der Waals surface area contributed by atoms with Crippen molar-refractivity contribution >= 4 is 26.4 Å². The molecule has 0 fully saturated rings. The normalized spacial score (nSPS) is 10.5. The monoisotopic (exact) mass is 221 g/mol. The third-order valence-corrected chi connectivity index (χ3v) is 2.48. The summed E-state index contributed by atoms with van der Waals surface area (Å²) >= 11 is 0. The van der Waals surface area contributed by atoms with E-state index < -0.39 is 0 Å². The molecule has 0 saturated carbocycles. The van der Waals surface area contributed by atoms with Gasteiger partial charge in [0.2, 0.25) is 0 Å². The summed E-state index contributed by atoms with van der Waals surface area (Å²) in [5, 5.41) is 0. The van der Waals surface area contributed by atoms with Gasteiger partial charge in [-0.25, -0.2) is 15.0 Å². The first-order chi connectivity index (χ1) is 7.24. The molecule has 0 saturated heterocycles. The molecule has 0 aromatic carbocycles. The van der Waals surface area contributed by atoms with Crippen LogP contribution in [-0.4, -0.2) is 32.9 Å². The van der Waals surface area contributed by atoms with Crippen molar-refractivity contribution in [2.75, 3.05) is 18.5 Å². The first-order valence-electron chi connectivity index (χ1n) is 4.49. The van der Waals surface area contributed by atoms with Crippen LogP contribution in [0.5, 0.6) is 0 Å². The van der Waals surface area contributed by atoms with Crippen LogP contribution in [0.1, 0.15) is 0 Å². The smallest absolute Gasteiger partial charge is 0.168 e.